The number of nitrogens with one attached hydrogen (secondary N) is 1. The quantitative estimate of drug-likeness (QED) is 0.326. The first-order chi connectivity index (χ1) is 17.1. The highest BCUT2D eigenvalue weighted by atomic mass is 16.1. The van der Waals surface area contributed by atoms with Crippen LogP contribution in [0.25, 0.3) is 10.9 Å². The maximum absolute atomic E-state index is 13.2. The molecule has 0 aliphatic rings. The average Bonchev–Trinajstić information content (AvgIpc) is 3.32. The predicted octanol–water partition coefficient (Wildman–Crippen LogP) is 5.74. The molecule has 0 spiro atoms. The molecule has 36 heavy (non-hydrogen) atoms. The Balaban J connectivity index is 1.79. The van der Waals surface area contributed by atoms with Crippen LogP contribution in [0.5, 0.6) is 0 Å². The molecule has 0 fully saturated rings. The summed E-state index contributed by atoms with van der Waals surface area (Å²) in [4.78, 5) is 18.7. The molecule has 0 radical (unpaired) electrons. The van der Waals surface area contributed by atoms with Gasteiger partial charge in [0.25, 0.3) is 5.56 Å². The first-order valence-electron chi connectivity index (χ1n) is 12.8. The van der Waals surface area contributed by atoms with Gasteiger partial charge in [0.05, 0.1) is 11.6 Å². The average molecular weight is 487 g/mol. The van der Waals surface area contributed by atoms with Gasteiger partial charge in [0, 0.05) is 29.6 Å². The lowest BCUT2D eigenvalue weighted by Crippen LogP contribution is -2.36. The number of pyridine rings is 1. The van der Waals surface area contributed by atoms with Crippen LogP contribution in [0.1, 0.15) is 80.2 Å². The summed E-state index contributed by atoms with van der Waals surface area (Å²) in [5, 5.41) is 14.0. The molecule has 0 aliphatic carbocycles. The summed E-state index contributed by atoms with van der Waals surface area (Å²) in [6, 6.07) is 14.8. The molecule has 2 heterocycles. The van der Waals surface area contributed by atoms with Crippen LogP contribution in [0.15, 0.2) is 47.3 Å². The lowest BCUT2D eigenvalue weighted by Gasteiger charge is -2.33. The van der Waals surface area contributed by atoms with Crippen molar-refractivity contribution in [3.63, 3.8) is 0 Å². The van der Waals surface area contributed by atoms with Gasteiger partial charge < -0.3 is 4.98 Å². The zero-order chi connectivity index (χ0) is 26.0. The number of hydrogen-bond donors (Lipinski definition) is 1. The van der Waals surface area contributed by atoms with Crippen molar-refractivity contribution in [1.82, 2.24) is 30.1 Å². The zero-order valence-electron chi connectivity index (χ0n) is 22.6. The third kappa shape index (κ3) is 5.26. The van der Waals surface area contributed by atoms with Crippen molar-refractivity contribution in [3.8, 4) is 0 Å². The molecule has 1 atom stereocenters. The Morgan fingerprint density at radius 1 is 1.00 bits per heavy atom. The maximum Gasteiger partial charge on any atom is 0.252 e. The number of H-pyrrole nitrogens is 1. The molecular weight excluding hydrogens is 448 g/mol. The Morgan fingerprint density at radius 3 is 2.39 bits per heavy atom. The van der Waals surface area contributed by atoms with Crippen molar-refractivity contribution in [2.24, 2.45) is 0 Å². The fourth-order valence-corrected chi connectivity index (χ4v) is 4.84. The topological polar surface area (TPSA) is 79.7 Å². The minimum absolute atomic E-state index is 0.0512. The summed E-state index contributed by atoms with van der Waals surface area (Å²) in [5.41, 5.74) is 6.08. The Bertz CT molecular complexity index is 1400. The molecule has 2 aromatic heterocycles. The SMILES string of the molecule is CCC(c1nnnn1C(C)(C)CC)N(Cc1ccc(C)cc1)Cc1cc2c(C)cc(C)cc2[nH]c1=O. The van der Waals surface area contributed by atoms with Crippen LogP contribution in [-0.2, 0) is 18.6 Å². The van der Waals surface area contributed by atoms with Gasteiger partial charge >= 0.3 is 0 Å². The minimum atomic E-state index is -0.211. The number of aromatic amines is 1. The molecule has 1 N–H and O–H groups in total. The summed E-state index contributed by atoms with van der Waals surface area (Å²) in [6.45, 7) is 16.0. The number of fused-ring (bicyclic) bond motifs is 1. The van der Waals surface area contributed by atoms with Crippen molar-refractivity contribution in [2.45, 2.75) is 86.0 Å². The molecule has 7 nitrogen and oxygen atoms in total. The number of hydrogen-bond acceptors (Lipinski definition) is 5. The van der Waals surface area contributed by atoms with E-state index in [4.69, 9.17) is 0 Å². The number of aryl methyl sites for hydroxylation is 3. The van der Waals surface area contributed by atoms with Crippen LogP contribution in [0.4, 0.5) is 0 Å². The molecule has 4 rings (SSSR count). The zero-order valence-corrected chi connectivity index (χ0v) is 22.6. The molecule has 2 aromatic carbocycles. The summed E-state index contributed by atoms with van der Waals surface area (Å²) >= 11 is 0. The van der Waals surface area contributed by atoms with Crippen LogP contribution in [-0.4, -0.2) is 30.1 Å². The fourth-order valence-electron chi connectivity index (χ4n) is 4.84. The molecule has 0 bridgehead atoms. The predicted molar refractivity (Wildman–Crippen MR) is 145 cm³/mol. The van der Waals surface area contributed by atoms with E-state index in [0.717, 1.165) is 46.3 Å². The summed E-state index contributed by atoms with van der Waals surface area (Å²) < 4.78 is 1.96. The van der Waals surface area contributed by atoms with Crippen molar-refractivity contribution in [2.75, 3.05) is 0 Å². The van der Waals surface area contributed by atoms with Crippen LogP contribution in [0.2, 0.25) is 0 Å². The van der Waals surface area contributed by atoms with Crippen LogP contribution < -0.4 is 5.56 Å². The molecule has 7 heteroatoms. The first-order valence-corrected chi connectivity index (χ1v) is 12.8. The second-order valence-electron chi connectivity index (χ2n) is 10.6. The van der Waals surface area contributed by atoms with E-state index in [0.29, 0.717) is 13.1 Å². The molecule has 190 valence electrons. The van der Waals surface area contributed by atoms with Crippen molar-refractivity contribution in [3.05, 3.63) is 86.5 Å². The molecule has 0 amide bonds. The molecule has 0 aliphatic heterocycles. The van der Waals surface area contributed by atoms with E-state index in [1.54, 1.807) is 0 Å². The maximum atomic E-state index is 13.2. The van der Waals surface area contributed by atoms with Gasteiger partial charge in [0.15, 0.2) is 5.82 Å². The smallest absolute Gasteiger partial charge is 0.252 e. The van der Waals surface area contributed by atoms with E-state index in [1.807, 2.05) is 10.7 Å². The van der Waals surface area contributed by atoms with E-state index in [2.05, 4.69) is 110 Å². The van der Waals surface area contributed by atoms with Gasteiger partial charge in [0.1, 0.15) is 0 Å². The number of nitrogens with zero attached hydrogens (tertiary/aromatic N) is 5. The van der Waals surface area contributed by atoms with E-state index in [-0.39, 0.29) is 17.1 Å². The summed E-state index contributed by atoms with van der Waals surface area (Å²) in [6.07, 6.45) is 1.72. The second kappa shape index (κ2) is 10.3. The normalized spacial score (nSPS) is 13.0. The van der Waals surface area contributed by atoms with Crippen LogP contribution in [0, 0.1) is 20.8 Å². The number of rotatable bonds is 9. The Hall–Kier alpha value is -3.32. The van der Waals surface area contributed by atoms with Crippen molar-refractivity contribution in [1.29, 1.82) is 0 Å². The fraction of sp³-hybridized carbons (Fsp3) is 0.448. The van der Waals surface area contributed by atoms with Gasteiger partial charge in [0.2, 0.25) is 0 Å². The lowest BCUT2D eigenvalue weighted by molar-refractivity contribution is 0.150. The molecule has 0 saturated carbocycles. The Labute approximate surface area is 213 Å². The second-order valence-corrected chi connectivity index (χ2v) is 10.6. The van der Waals surface area contributed by atoms with Crippen LogP contribution in [0.3, 0.4) is 0 Å². The highest BCUT2D eigenvalue weighted by Crippen LogP contribution is 2.30. The lowest BCUT2D eigenvalue weighted by atomic mass is 10.0. The van der Waals surface area contributed by atoms with E-state index >= 15 is 0 Å². The third-order valence-corrected chi connectivity index (χ3v) is 7.33. The largest absolute Gasteiger partial charge is 0.322 e. The Morgan fingerprint density at radius 2 is 1.72 bits per heavy atom. The highest BCUT2D eigenvalue weighted by molar-refractivity contribution is 5.83. The van der Waals surface area contributed by atoms with Crippen molar-refractivity contribution < 1.29 is 0 Å². The summed E-state index contributed by atoms with van der Waals surface area (Å²) in [7, 11) is 0. The molecule has 4 aromatic rings. The van der Waals surface area contributed by atoms with Crippen LogP contribution >= 0.6 is 0 Å². The van der Waals surface area contributed by atoms with E-state index < -0.39 is 0 Å². The van der Waals surface area contributed by atoms with Gasteiger partial charge in [-0.1, -0.05) is 49.7 Å². The molecule has 0 saturated heterocycles. The number of aromatic nitrogens is 5. The monoisotopic (exact) mass is 486 g/mol. The molecular formula is C29H38N6O. The van der Waals surface area contributed by atoms with E-state index in [9.17, 15) is 4.79 Å². The number of benzene rings is 2. The Kier molecular flexibility index (Phi) is 7.41. The van der Waals surface area contributed by atoms with Gasteiger partial charge in [-0.05, 0) is 86.7 Å². The highest BCUT2D eigenvalue weighted by Gasteiger charge is 2.31. The minimum Gasteiger partial charge on any atom is -0.322 e. The van der Waals surface area contributed by atoms with Gasteiger partial charge in [-0.3, -0.25) is 9.69 Å². The molecule has 1 unspecified atom stereocenters. The van der Waals surface area contributed by atoms with Gasteiger partial charge in [-0.2, -0.15) is 0 Å². The van der Waals surface area contributed by atoms with Crippen molar-refractivity contribution >= 4 is 10.9 Å². The number of tetrazole rings is 1. The third-order valence-electron chi connectivity index (χ3n) is 7.33. The van der Waals surface area contributed by atoms with Gasteiger partial charge in [-0.15, -0.1) is 5.10 Å². The van der Waals surface area contributed by atoms with E-state index in [1.165, 1.54) is 11.1 Å². The first kappa shape index (κ1) is 25.8. The summed E-state index contributed by atoms with van der Waals surface area (Å²) in [5.74, 6) is 0.834. The van der Waals surface area contributed by atoms with Gasteiger partial charge in [-0.25, -0.2) is 4.68 Å². The standard InChI is InChI=1S/C29H38N6O/c1-8-26(27-31-32-33-35(27)29(6,7)9-2)34(17-22-12-10-19(3)11-13-22)18-23-16-24-21(5)14-20(4)15-25(24)30-28(23)36/h10-16,26H,8-9,17-18H2,1-7H3,(H,30,36).